The predicted molar refractivity (Wildman–Crippen MR) is 103 cm³/mol. The van der Waals surface area contributed by atoms with Gasteiger partial charge in [-0.3, -0.25) is 0 Å². The van der Waals surface area contributed by atoms with E-state index in [2.05, 4.69) is 37.8 Å². The van der Waals surface area contributed by atoms with Gasteiger partial charge in [0, 0.05) is 11.6 Å². The molecule has 1 unspecified atom stereocenters. The summed E-state index contributed by atoms with van der Waals surface area (Å²) in [7, 11) is 0. The lowest BCUT2D eigenvalue weighted by Gasteiger charge is -2.11. The van der Waals surface area contributed by atoms with Crippen molar-refractivity contribution in [2.45, 2.75) is 33.1 Å². The van der Waals surface area contributed by atoms with Crippen LogP contribution < -0.4 is 0 Å². The average molecular weight is 305 g/mol. The fourth-order valence-electron chi connectivity index (χ4n) is 2.14. The molecule has 1 N–H and O–H groups in total. The normalized spacial score (nSPS) is 14.0. The first kappa shape index (κ1) is 18.6. The maximum absolute atomic E-state index is 8.28. The average Bonchev–Trinajstić information content (AvgIpc) is 2.58. The molecule has 1 nitrogen and oxygen atoms in total. The third-order valence-corrected chi connectivity index (χ3v) is 3.71. The van der Waals surface area contributed by atoms with Crippen LogP contribution in [-0.2, 0) is 6.42 Å². The molecule has 0 saturated carbocycles. The van der Waals surface area contributed by atoms with E-state index in [1.165, 1.54) is 11.1 Å². The minimum atomic E-state index is 0.0849. The van der Waals surface area contributed by atoms with Gasteiger partial charge in [-0.1, -0.05) is 73.7 Å². The second kappa shape index (κ2) is 10.3. The van der Waals surface area contributed by atoms with Gasteiger partial charge in [0.25, 0.3) is 0 Å². The summed E-state index contributed by atoms with van der Waals surface area (Å²) in [5.74, 6) is 0.0849. The molecule has 23 heavy (non-hydrogen) atoms. The summed E-state index contributed by atoms with van der Waals surface area (Å²) in [6, 6.07) is 8.44. The van der Waals surface area contributed by atoms with Crippen LogP contribution in [0.2, 0.25) is 0 Å². The minimum absolute atomic E-state index is 0.0849. The number of nitrogens with one attached hydrogen (secondary N) is 1. The van der Waals surface area contributed by atoms with Crippen molar-refractivity contribution in [3.63, 3.8) is 0 Å². The summed E-state index contributed by atoms with van der Waals surface area (Å²) in [4.78, 5) is 0. The molecular weight excluding hydrogens is 278 g/mol. The van der Waals surface area contributed by atoms with Crippen molar-refractivity contribution in [3.8, 4) is 0 Å². The summed E-state index contributed by atoms with van der Waals surface area (Å²) in [5.41, 5.74) is 4.13. The van der Waals surface area contributed by atoms with Gasteiger partial charge in [0.1, 0.15) is 0 Å². The Morgan fingerprint density at radius 1 is 1.09 bits per heavy atom. The smallest absolute Gasteiger partial charge is 0.0386 e. The van der Waals surface area contributed by atoms with Crippen LogP contribution >= 0.6 is 0 Å². The SMILES string of the molecule is C=CCc1ccc(C(C)C(=N)C=CC(C=CC=CC)=CC)cc1. The van der Waals surface area contributed by atoms with Crippen molar-refractivity contribution in [2.75, 3.05) is 0 Å². The van der Waals surface area contributed by atoms with E-state index in [4.69, 9.17) is 5.41 Å². The highest BCUT2D eigenvalue weighted by molar-refractivity contribution is 5.97. The Bertz CT molecular complexity index is 624. The molecule has 0 saturated heterocycles. The van der Waals surface area contributed by atoms with E-state index in [9.17, 15) is 0 Å². The molecule has 0 spiro atoms. The van der Waals surface area contributed by atoms with Crippen molar-refractivity contribution in [1.29, 1.82) is 5.41 Å². The molecule has 0 aliphatic heterocycles. The van der Waals surface area contributed by atoms with Crippen LogP contribution in [0.4, 0.5) is 0 Å². The van der Waals surface area contributed by atoms with Gasteiger partial charge in [0.2, 0.25) is 0 Å². The Balaban J connectivity index is 2.75. The zero-order valence-electron chi connectivity index (χ0n) is 14.4. The molecule has 1 rings (SSSR count). The van der Waals surface area contributed by atoms with E-state index in [1.807, 2.05) is 62.5 Å². The number of rotatable bonds is 8. The van der Waals surface area contributed by atoms with Gasteiger partial charge in [-0.25, -0.2) is 0 Å². The largest absolute Gasteiger partial charge is 0.305 e. The third-order valence-electron chi connectivity index (χ3n) is 3.71. The monoisotopic (exact) mass is 305 g/mol. The Morgan fingerprint density at radius 3 is 2.35 bits per heavy atom. The number of benzene rings is 1. The Hall–Kier alpha value is -2.41. The van der Waals surface area contributed by atoms with Crippen LogP contribution in [0.15, 0.2) is 85.0 Å². The van der Waals surface area contributed by atoms with E-state index in [1.54, 1.807) is 0 Å². The maximum atomic E-state index is 8.28. The first-order valence-corrected chi connectivity index (χ1v) is 8.04. The Morgan fingerprint density at radius 2 is 1.78 bits per heavy atom. The zero-order chi connectivity index (χ0) is 17.1. The molecule has 0 amide bonds. The molecule has 0 aliphatic rings. The van der Waals surface area contributed by atoms with Crippen molar-refractivity contribution in [1.82, 2.24) is 0 Å². The zero-order valence-corrected chi connectivity index (χ0v) is 14.4. The quantitative estimate of drug-likeness (QED) is 0.337. The maximum Gasteiger partial charge on any atom is 0.0386 e. The van der Waals surface area contributed by atoms with Crippen LogP contribution in [0.1, 0.15) is 37.8 Å². The molecule has 0 bridgehead atoms. The van der Waals surface area contributed by atoms with Crippen molar-refractivity contribution >= 4 is 5.71 Å². The summed E-state index contributed by atoms with van der Waals surface area (Å²) in [6.07, 6.45) is 16.7. The molecular formula is C22H27N. The van der Waals surface area contributed by atoms with E-state index in [0.717, 1.165) is 12.0 Å². The highest BCUT2D eigenvalue weighted by Crippen LogP contribution is 2.18. The van der Waals surface area contributed by atoms with Crippen molar-refractivity contribution < 1.29 is 0 Å². The molecule has 0 radical (unpaired) electrons. The molecule has 1 aromatic carbocycles. The summed E-state index contributed by atoms with van der Waals surface area (Å²) < 4.78 is 0. The summed E-state index contributed by atoms with van der Waals surface area (Å²) in [6.45, 7) is 9.83. The fourth-order valence-corrected chi connectivity index (χ4v) is 2.14. The summed E-state index contributed by atoms with van der Waals surface area (Å²) >= 11 is 0. The van der Waals surface area contributed by atoms with Crippen LogP contribution in [-0.4, -0.2) is 5.71 Å². The molecule has 120 valence electrons. The third kappa shape index (κ3) is 6.48. The van der Waals surface area contributed by atoms with Crippen LogP contribution in [0, 0.1) is 5.41 Å². The van der Waals surface area contributed by atoms with Gasteiger partial charge in [-0.05, 0) is 43.0 Å². The minimum Gasteiger partial charge on any atom is -0.305 e. The first-order chi connectivity index (χ1) is 11.1. The molecule has 0 heterocycles. The molecule has 1 aromatic rings. The molecule has 0 aliphatic carbocycles. The highest BCUT2D eigenvalue weighted by Gasteiger charge is 2.08. The van der Waals surface area contributed by atoms with Crippen LogP contribution in [0.25, 0.3) is 0 Å². The van der Waals surface area contributed by atoms with Gasteiger partial charge < -0.3 is 5.41 Å². The topological polar surface area (TPSA) is 23.9 Å². The van der Waals surface area contributed by atoms with E-state index in [-0.39, 0.29) is 5.92 Å². The van der Waals surface area contributed by atoms with Gasteiger partial charge >= 0.3 is 0 Å². The fraction of sp³-hybridized carbons (Fsp3) is 0.227. The van der Waals surface area contributed by atoms with Crippen LogP contribution in [0.5, 0.6) is 0 Å². The summed E-state index contributed by atoms with van der Waals surface area (Å²) in [5, 5.41) is 8.28. The molecule has 1 atom stereocenters. The first-order valence-electron chi connectivity index (χ1n) is 8.04. The van der Waals surface area contributed by atoms with Crippen molar-refractivity contribution in [2.24, 2.45) is 0 Å². The van der Waals surface area contributed by atoms with E-state index in [0.29, 0.717) is 5.71 Å². The molecule has 0 aromatic heterocycles. The van der Waals surface area contributed by atoms with Gasteiger partial charge in [-0.2, -0.15) is 0 Å². The standard InChI is InChI=1S/C22H27N/c1-5-8-9-11-19(7-3)14-17-22(23)18(4)21-15-12-20(10-6-2)13-16-21/h5-9,11-18,23H,2,10H2,1,3-4H3. The number of hydrogen-bond donors (Lipinski definition) is 1. The second-order valence-electron chi connectivity index (χ2n) is 5.42. The number of allylic oxidation sites excluding steroid dienone is 9. The Kier molecular flexibility index (Phi) is 8.38. The lowest BCUT2D eigenvalue weighted by molar-refractivity contribution is 1.01. The van der Waals surface area contributed by atoms with Crippen molar-refractivity contribution in [3.05, 3.63) is 96.2 Å². The lowest BCUT2D eigenvalue weighted by atomic mass is 9.94. The lowest BCUT2D eigenvalue weighted by Crippen LogP contribution is -2.05. The molecule has 1 heteroatoms. The van der Waals surface area contributed by atoms with E-state index >= 15 is 0 Å². The van der Waals surface area contributed by atoms with Gasteiger partial charge in [0.15, 0.2) is 0 Å². The number of hydrogen-bond acceptors (Lipinski definition) is 1. The molecule has 0 fully saturated rings. The van der Waals surface area contributed by atoms with Crippen LogP contribution in [0.3, 0.4) is 0 Å². The second-order valence-corrected chi connectivity index (χ2v) is 5.42. The predicted octanol–water partition coefficient (Wildman–Crippen LogP) is 6.17. The van der Waals surface area contributed by atoms with Gasteiger partial charge in [0.05, 0.1) is 0 Å². The Labute approximate surface area is 141 Å². The van der Waals surface area contributed by atoms with E-state index < -0.39 is 0 Å². The highest BCUT2D eigenvalue weighted by atomic mass is 14.4. The van der Waals surface area contributed by atoms with Gasteiger partial charge in [-0.15, -0.1) is 6.58 Å².